The number of hydrogen-bond donors (Lipinski definition) is 2. The molecule has 0 radical (unpaired) electrons. The Balaban J connectivity index is 2.61. The lowest BCUT2D eigenvalue weighted by atomic mass is 10.0. The first-order valence-corrected chi connectivity index (χ1v) is 7.68. The number of aliphatic hydroxyl groups excluding tert-OH is 1. The summed E-state index contributed by atoms with van der Waals surface area (Å²) in [4.78, 5) is 14.2. The fourth-order valence-corrected chi connectivity index (χ4v) is 2.15. The first-order chi connectivity index (χ1) is 9.93. The average molecular weight is 292 g/mol. The van der Waals surface area contributed by atoms with Gasteiger partial charge in [-0.3, -0.25) is 9.69 Å². The van der Waals surface area contributed by atoms with Gasteiger partial charge in [0, 0.05) is 24.9 Å². The highest BCUT2D eigenvalue weighted by Gasteiger charge is 2.14. The number of amides is 1. The zero-order valence-electron chi connectivity index (χ0n) is 13.6. The van der Waals surface area contributed by atoms with Crippen molar-refractivity contribution in [2.75, 3.05) is 25.0 Å². The van der Waals surface area contributed by atoms with Gasteiger partial charge >= 0.3 is 0 Å². The van der Waals surface area contributed by atoms with Crippen molar-refractivity contribution in [3.05, 3.63) is 29.8 Å². The van der Waals surface area contributed by atoms with Crippen LogP contribution in [-0.2, 0) is 4.79 Å². The highest BCUT2D eigenvalue weighted by Crippen LogP contribution is 2.18. The summed E-state index contributed by atoms with van der Waals surface area (Å²) in [6.45, 7) is 9.62. The van der Waals surface area contributed by atoms with E-state index in [0.29, 0.717) is 18.9 Å². The van der Waals surface area contributed by atoms with Gasteiger partial charge in [-0.05, 0) is 43.9 Å². The smallest absolute Gasteiger partial charge is 0.238 e. The fraction of sp³-hybridized carbons (Fsp3) is 0.588. The van der Waals surface area contributed by atoms with Crippen LogP contribution in [0.2, 0.25) is 0 Å². The summed E-state index contributed by atoms with van der Waals surface area (Å²) in [5.41, 5.74) is 2.06. The van der Waals surface area contributed by atoms with E-state index in [1.54, 1.807) is 0 Å². The highest BCUT2D eigenvalue weighted by atomic mass is 16.3. The number of aliphatic hydroxyl groups is 1. The Labute approximate surface area is 128 Å². The maximum Gasteiger partial charge on any atom is 0.238 e. The third-order valence-corrected chi connectivity index (χ3v) is 3.52. The zero-order chi connectivity index (χ0) is 15.8. The van der Waals surface area contributed by atoms with Crippen LogP contribution in [0.15, 0.2) is 24.3 Å². The third kappa shape index (κ3) is 6.27. The number of carbonyl (C=O) groups excluding carboxylic acids is 1. The van der Waals surface area contributed by atoms with E-state index in [9.17, 15) is 4.79 Å². The predicted octanol–water partition coefficient (Wildman–Crippen LogP) is 2.84. The second-order valence-electron chi connectivity index (χ2n) is 5.97. The summed E-state index contributed by atoms with van der Waals surface area (Å²) in [6.07, 6.45) is 0.689. The first-order valence-electron chi connectivity index (χ1n) is 7.68. The van der Waals surface area contributed by atoms with E-state index in [-0.39, 0.29) is 18.6 Å². The molecule has 4 nitrogen and oxygen atoms in total. The van der Waals surface area contributed by atoms with E-state index in [4.69, 9.17) is 5.11 Å². The number of carbonyl (C=O) groups is 1. The second kappa shape index (κ2) is 8.80. The lowest BCUT2D eigenvalue weighted by Crippen LogP contribution is -2.39. The Morgan fingerprint density at radius 3 is 2.57 bits per heavy atom. The van der Waals surface area contributed by atoms with E-state index in [1.165, 1.54) is 5.56 Å². The summed E-state index contributed by atoms with van der Waals surface area (Å²) in [6, 6.07) is 8.26. The van der Waals surface area contributed by atoms with Crippen molar-refractivity contribution in [1.82, 2.24) is 4.90 Å². The molecule has 0 aromatic heterocycles. The zero-order valence-corrected chi connectivity index (χ0v) is 13.6. The largest absolute Gasteiger partial charge is 0.396 e. The molecule has 118 valence electrons. The molecule has 0 saturated heterocycles. The van der Waals surface area contributed by atoms with Crippen molar-refractivity contribution in [1.29, 1.82) is 0 Å². The van der Waals surface area contributed by atoms with Crippen molar-refractivity contribution in [3.63, 3.8) is 0 Å². The van der Waals surface area contributed by atoms with Gasteiger partial charge in [-0.2, -0.15) is 0 Å². The maximum atomic E-state index is 12.2. The van der Waals surface area contributed by atoms with Crippen molar-refractivity contribution in [2.45, 2.75) is 46.1 Å². The van der Waals surface area contributed by atoms with Crippen LogP contribution >= 0.6 is 0 Å². The summed E-state index contributed by atoms with van der Waals surface area (Å²) in [5.74, 6) is 0.432. The molecule has 1 aromatic carbocycles. The topological polar surface area (TPSA) is 52.6 Å². The lowest BCUT2D eigenvalue weighted by Gasteiger charge is -2.25. The fourth-order valence-electron chi connectivity index (χ4n) is 2.15. The molecule has 1 rings (SSSR count). The Morgan fingerprint density at radius 1 is 1.29 bits per heavy atom. The minimum absolute atomic E-state index is 0.0115. The van der Waals surface area contributed by atoms with Crippen molar-refractivity contribution in [3.8, 4) is 0 Å². The molecule has 0 atom stereocenters. The maximum absolute atomic E-state index is 12.2. The molecule has 0 aliphatic carbocycles. The number of rotatable bonds is 8. The monoisotopic (exact) mass is 292 g/mol. The molecule has 0 aliphatic rings. The van der Waals surface area contributed by atoms with Gasteiger partial charge < -0.3 is 10.4 Å². The summed E-state index contributed by atoms with van der Waals surface area (Å²) in [7, 11) is 0. The van der Waals surface area contributed by atoms with E-state index >= 15 is 0 Å². The number of anilines is 1. The molecule has 0 heterocycles. The molecule has 4 heteroatoms. The van der Waals surface area contributed by atoms with E-state index in [2.05, 4.69) is 44.0 Å². The SMILES string of the molecule is CC(C)c1cccc(NC(=O)CN(CCCO)C(C)C)c1. The van der Waals surface area contributed by atoms with Crippen LogP contribution in [-0.4, -0.2) is 41.7 Å². The van der Waals surface area contributed by atoms with Gasteiger partial charge in [0.1, 0.15) is 0 Å². The molecule has 0 unspecified atom stereocenters. The predicted molar refractivity (Wildman–Crippen MR) is 87.6 cm³/mol. The molecule has 1 amide bonds. The van der Waals surface area contributed by atoms with E-state index in [0.717, 1.165) is 12.2 Å². The summed E-state index contributed by atoms with van der Waals surface area (Å²) < 4.78 is 0. The Bertz CT molecular complexity index is 444. The quantitative estimate of drug-likeness (QED) is 0.774. The molecule has 0 saturated carbocycles. The second-order valence-corrected chi connectivity index (χ2v) is 5.97. The van der Waals surface area contributed by atoms with Crippen LogP contribution in [0.25, 0.3) is 0 Å². The third-order valence-electron chi connectivity index (χ3n) is 3.52. The molecule has 0 bridgehead atoms. The standard InChI is InChI=1S/C17H28N2O2/c1-13(2)15-7-5-8-16(11-15)18-17(21)12-19(14(3)4)9-6-10-20/h5,7-8,11,13-14,20H,6,9-10,12H2,1-4H3,(H,18,21). The van der Waals surface area contributed by atoms with Crippen LogP contribution in [0.5, 0.6) is 0 Å². The molecule has 0 aliphatic heterocycles. The Hall–Kier alpha value is -1.39. The van der Waals surface area contributed by atoms with Crippen molar-refractivity contribution in [2.24, 2.45) is 0 Å². The highest BCUT2D eigenvalue weighted by molar-refractivity contribution is 5.92. The van der Waals surface area contributed by atoms with Crippen LogP contribution < -0.4 is 5.32 Å². The molecular formula is C17H28N2O2. The van der Waals surface area contributed by atoms with Gasteiger partial charge in [0.25, 0.3) is 0 Å². The molecule has 0 spiro atoms. The Morgan fingerprint density at radius 2 is 2.00 bits per heavy atom. The minimum atomic E-state index is -0.0115. The molecule has 0 fully saturated rings. The van der Waals surface area contributed by atoms with Gasteiger partial charge in [0.15, 0.2) is 0 Å². The molecule has 1 aromatic rings. The first kappa shape index (κ1) is 17.7. The van der Waals surface area contributed by atoms with Gasteiger partial charge in [0.2, 0.25) is 5.91 Å². The summed E-state index contributed by atoms with van der Waals surface area (Å²) in [5, 5.41) is 11.9. The number of nitrogens with one attached hydrogen (secondary N) is 1. The molecular weight excluding hydrogens is 264 g/mol. The van der Waals surface area contributed by atoms with Crippen LogP contribution in [0.3, 0.4) is 0 Å². The molecule has 21 heavy (non-hydrogen) atoms. The normalized spacial score (nSPS) is 11.4. The number of hydrogen-bond acceptors (Lipinski definition) is 3. The van der Waals surface area contributed by atoms with E-state index < -0.39 is 0 Å². The van der Waals surface area contributed by atoms with E-state index in [1.807, 2.05) is 18.2 Å². The average Bonchev–Trinajstić information content (AvgIpc) is 2.43. The van der Waals surface area contributed by atoms with Crippen LogP contribution in [0, 0.1) is 0 Å². The Kier molecular flexibility index (Phi) is 7.40. The van der Waals surface area contributed by atoms with Gasteiger partial charge in [-0.15, -0.1) is 0 Å². The van der Waals surface area contributed by atoms with Crippen molar-refractivity contribution >= 4 is 11.6 Å². The van der Waals surface area contributed by atoms with Crippen molar-refractivity contribution < 1.29 is 9.90 Å². The summed E-state index contributed by atoms with van der Waals surface area (Å²) >= 11 is 0. The van der Waals surface area contributed by atoms with Gasteiger partial charge in [-0.25, -0.2) is 0 Å². The van der Waals surface area contributed by atoms with Gasteiger partial charge in [-0.1, -0.05) is 26.0 Å². The van der Waals surface area contributed by atoms with Crippen LogP contribution in [0.1, 0.15) is 45.6 Å². The minimum Gasteiger partial charge on any atom is -0.396 e. The number of nitrogens with zero attached hydrogens (tertiary/aromatic N) is 1. The van der Waals surface area contributed by atoms with Gasteiger partial charge in [0.05, 0.1) is 6.54 Å². The van der Waals surface area contributed by atoms with Crippen LogP contribution in [0.4, 0.5) is 5.69 Å². The molecule has 2 N–H and O–H groups in total. The lowest BCUT2D eigenvalue weighted by molar-refractivity contribution is -0.117. The number of benzene rings is 1.